The summed E-state index contributed by atoms with van der Waals surface area (Å²) >= 11 is 0. The van der Waals surface area contributed by atoms with E-state index in [1.165, 1.54) is 0 Å². The van der Waals surface area contributed by atoms with Crippen LogP contribution in [-0.4, -0.2) is 66.1 Å². The molecule has 1 unspecified atom stereocenters. The number of nitrogens with one attached hydrogen (secondary N) is 1. The molecule has 1 atom stereocenters. The van der Waals surface area contributed by atoms with Crippen molar-refractivity contribution in [2.45, 2.75) is 12.2 Å². The molecule has 0 bridgehead atoms. The maximum atomic E-state index is 12.5. The highest BCUT2D eigenvalue weighted by molar-refractivity contribution is 5.26. The highest BCUT2D eigenvalue weighted by atomic mass is 19.4. The number of likely N-dealkylation sites (N-methyl/N-ethyl adjacent to an activating group) is 2. The normalized spacial score (nSPS) is 21.9. The van der Waals surface area contributed by atoms with Crippen molar-refractivity contribution in [1.82, 2.24) is 19.8 Å². The molecule has 0 amide bonds. The molecule has 1 fully saturated rings. The fourth-order valence-electron chi connectivity index (χ4n) is 2.13. The Bertz CT molecular complexity index is 451. The quantitative estimate of drug-likeness (QED) is 0.904. The van der Waals surface area contributed by atoms with Gasteiger partial charge in [0.1, 0.15) is 5.69 Å². The number of nitrogens with zero attached hydrogens (tertiary/aromatic N) is 4. The molecule has 1 aliphatic heterocycles. The molecule has 1 aromatic rings. The smallest absolute Gasteiger partial charge is 0.353 e. The molecule has 0 saturated carbocycles. The number of hydrogen-bond donors (Lipinski definition) is 1. The molecule has 1 N–H and O–H groups in total. The van der Waals surface area contributed by atoms with Crippen molar-refractivity contribution in [3.63, 3.8) is 0 Å². The van der Waals surface area contributed by atoms with Gasteiger partial charge in [-0.15, -0.1) is 0 Å². The number of hydrogen-bond acceptors (Lipinski definition) is 5. The summed E-state index contributed by atoms with van der Waals surface area (Å²) in [7, 11) is 4.03. The molecule has 0 spiro atoms. The number of aromatic nitrogens is 2. The van der Waals surface area contributed by atoms with Gasteiger partial charge in [0.25, 0.3) is 0 Å². The van der Waals surface area contributed by atoms with Gasteiger partial charge in [-0.2, -0.15) is 13.2 Å². The van der Waals surface area contributed by atoms with E-state index in [2.05, 4.69) is 25.1 Å². The summed E-state index contributed by atoms with van der Waals surface area (Å²) < 4.78 is 37.6. The Morgan fingerprint density at radius 1 is 1.35 bits per heavy atom. The maximum Gasteiger partial charge on any atom is 0.433 e. The molecule has 0 radical (unpaired) electrons. The van der Waals surface area contributed by atoms with Crippen molar-refractivity contribution >= 4 is 5.95 Å². The van der Waals surface area contributed by atoms with Crippen LogP contribution in [-0.2, 0) is 6.18 Å². The van der Waals surface area contributed by atoms with Crippen LogP contribution in [0.4, 0.5) is 19.1 Å². The van der Waals surface area contributed by atoms with Crippen LogP contribution in [0.1, 0.15) is 5.69 Å². The van der Waals surface area contributed by atoms with E-state index in [4.69, 9.17) is 0 Å². The molecule has 1 aromatic heterocycles. The van der Waals surface area contributed by atoms with Crippen LogP contribution in [0.25, 0.3) is 0 Å². The van der Waals surface area contributed by atoms with E-state index in [0.29, 0.717) is 6.54 Å². The van der Waals surface area contributed by atoms with Gasteiger partial charge in [-0.3, -0.25) is 4.90 Å². The van der Waals surface area contributed by atoms with E-state index in [9.17, 15) is 13.2 Å². The second kappa shape index (κ2) is 5.92. The Morgan fingerprint density at radius 2 is 2.10 bits per heavy atom. The highest BCUT2D eigenvalue weighted by Crippen LogP contribution is 2.27. The van der Waals surface area contributed by atoms with E-state index in [1.807, 2.05) is 14.1 Å². The predicted molar refractivity (Wildman–Crippen MR) is 69.4 cm³/mol. The number of piperazine rings is 1. The third kappa shape index (κ3) is 3.80. The minimum Gasteiger partial charge on any atom is -0.353 e. The maximum absolute atomic E-state index is 12.5. The van der Waals surface area contributed by atoms with E-state index in [0.717, 1.165) is 31.9 Å². The molecular formula is C12H18F3N5. The Morgan fingerprint density at radius 3 is 2.80 bits per heavy atom. The van der Waals surface area contributed by atoms with E-state index in [1.54, 1.807) is 0 Å². The van der Waals surface area contributed by atoms with Crippen LogP contribution in [0.5, 0.6) is 0 Å². The van der Waals surface area contributed by atoms with Gasteiger partial charge in [-0.05, 0) is 20.2 Å². The number of alkyl halides is 3. The second-order valence-electron chi connectivity index (χ2n) is 5.04. The molecule has 1 aliphatic rings. The summed E-state index contributed by atoms with van der Waals surface area (Å²) in [5.41, 5.74) is -0.927. The van der Waals surface area contributed by atoms with E-state index in [-0.39, 0.29) is 12.0 Å². The zero-order chi connectivity index (χ0) is 14.8. The van der Waals surface area contributed by atoms with Crippen LogP contribution in [0.3, 0.4) is 0 Å². The van der Waals surface area contributed by atoms with Gasteiger partial charge >= 0.3 is 6.18 Å². The molecule has 8 heteroatoms. The average Bonchev–Trinajstić information content (AvgIpc) is 2.39. The van der Waals surface area contributed by atoms with Crippen molar-refractivity contribution in [1.29, 1.82) is 0 Å². The Balaban J connectivity index is 1.97. The Labute approximate surface area is 115 Å². The zero-order valence-electron chi connectivity index (χ0n) is 11.5. The first-order valence-corrected chi connectivity index (χ1v) is 6.39. The Kier molecular flexibility index (Phi) is 4.44. The van der Waals surface area contributed by atoms with E-state index >= 15 is 0 Å². The molecule has 2 rings (SSSR count). The van der Waals surface area contributed by atoms with Gasteiger partial charge < -0.3 is 10.2 Å². The molecular weight excluding hydrogens is 271 g/mol. The van der Waals surface area contributed by atoms with Crippen molar-refractivity contribution in [3.8, 4) is 0 Å². The fraction of sp³-hybridized carbons (Fsp3) is 0.667. The molecule has 112 valence electrons. The number of rotatable bonds is 3. The van der Waals surface area contributed by atoms with Gasteiger partial charge in [-0.1, -0.05) is 0 Å². The van der Waals surface area contributed by atoms with Crippen LogP contribution in [0.2, 0.25) is 0 Å². The average molecular weight is 289 g/mol. The predicted octanol–water partition coefficient (Wildman–Crippen LogP) is 1.15. The van der Waals surface area contributed by atoms with Gasteiger partial charge in [0.2, 0.25) is 5.95 Å². The first-order valence-electron chi connectivity index (χ1n) is 6.39. The summed E-state index contributed by atoms with van der Waals surface area (Å²) in [5.74, 6) is 0.0152. The fourth-order valence-corrected chi connectivity index (χ4v) is 2.13. The molecule has 20 heavy (non-hydrogen) atoms. The van der Waals surface area contributed by atoms with Crippen LogP contribution in [0.15, 0.2) is 12.3 Å². The standard InChI is InChI=1S/C12H18F3N5/c1-19-5-6-20(2)9(8-19)7-17-11-16-4-3-10(18-11)12(13,14)15/h3-4,9H,5-8H2,1-2H3,(H,16,17,18). The summed E-state index contributed by atoms with van der Waals surface area (Å²) in [4.78, 5) is 11.7. The SMILES string of the molecule is CN1CCN(C)C(CNc2nccc(C(F)(F)F)n2)C1. The van der Waals surface area contributed by atoms with Gasteiger partial charge in [0.15, 0.2) is 0 Å². The van der Waals surface area contributed by atoms with Gasteiger partial charge in [0, 0.05) is 38.4 Å². The minimum atomic E-state index is -4.44. The largest absolute Gasteiger partial charge is 0.433 e. The third-order valence-corrected chi connectivity index (χ3v) is 3.42. The monoisotopic (exact) mass is 289 g/mol. The summed E-state index contributed by atoms with van der Waals surface area (Å²) in [6.07, 6.45) is -3.32. The molecule has 0 aliphatic carbocycles. The first-order chi connectivity index (χ1) is 9.36. The Hall–Kier alpha value is -1.41. The third-order valence-electron chi connectivity index (χ3n) is 3.42. The van der Waals surface area contributed by atoms with Crippen molar-refractivity contribution in [2.24, 2.45) is 0 Å². The molecule has 0 aromatic carbocycles. The zero-order valence-corrected chi connectivity index (χ0v) is 11.5. The lowest BCUT2D eigenvalue weighted by Crippen LogP contribution is -2.52. The van der Waals surface area contributed by atoms with Crippen LogP contribution >= 0.6 is 0 Å². The topological polar surface area (TPSA) is 44.3 Å². The molecule has 2 heterocycles. The van der Waals surface area contributed by atoms with Crippen LogP contribution in [0, 0.1) is 0 Å². The van der Waals surface area contributed by atoms with Crippen molar-refractivity contribution in [2.75, 3.05) is 45.6 Å². The summed E-state index contributed by atoms with van der Waals surface area (Å²) in [5, 5.41) is 2.89. The van der Waals surface area contributed by atoms with Gasteiger partial charge in [-0.25, -0.2) is 9.97 Å². The summed E-state index contributed by atoms with van der Waals surface area (Å²) in [6, 6.07) is 1.10. The minimum absolute atomic E-state index is 0.0152. The first kappa shape index (κ1) is 15.0. The summed E-state index contributed by atoms with van der Waals surface area (Å²) in [6.45, 7) is 3.31. The lowest BCUT2D eigenvalue weighted by Gasteiger charge is -2.37. The molecule has 5 nitrogen and oxygen atoms in total. The number of anilines is 1. The lowest BCUT2D eigenvalue weighted by molar-refractivity contribution is -0.141. The van der Waals surface area contributed by atoms with Crippen molar-refractivity contribution < 1.29 is 13.2 Å². The van der Waals surface area contributed by atoms with Crippen LogP contribution < -0.4 is 5.32 Å². The van der Waals surface area contributed by atoms with Gasteiger partial charge in [0.05, 0.1) is 0 Å². The van der Waals surface area contributed by atoms with E-state index < -0.39 is 11.9 Å². The second-order valence-corrected chi connectivity index (χ2v) is 5.04. The number of halogens is 3. The lowest BCUT2D eigenvalue weighted by atomic mass is 10.2. The van der Waals surface area contributed by atoms with Crippen molar-refractivity contribution in [3.05, 3.63) is 18.0 Å². The molecule has 1 saturated heterocycles. The highest BCUT2D eigenvalue weighted by Gasteiger charge is 2.32.